The molecule has 1 saturated heterocycles. The van der Waals surface area contributed by atoms with E-state index < -0.39 is 0 Å². The van der Waals surface area contributed by atoms with Gasteiger partial charge in [-0.25, -0.2) is 0 Å². The van der Waals surface area contributed by atoms with Crippen molar-refractivity contribution < 1.29 is 9.59 Å². The average molecular weight is 234 g/mol. The fraction of sp³-hybridized carbons (Fsp3) is 0.692. The molecule has 4 heteroatoms. The summed E-state index contributed by atoms with van der Waals surface area (Å²) in [6.45, 7) is 1.29. The average Bonchev–Trinajstić information content (AvgIpc) is 2.92. The third-order valence-corrected chi connectivity index (χ3v) is 4.55. The summed E-state index contributed by atoms with van der Waals surface area (Å²) in [5.74, 6) is 0.683. The first-order chi connectivity index (χ1) is 8.09. The normalized spacial score (nSPS) is 40.6. The summed E-state index contributed by atoms with van der Waals surface area (Å²) in [5.41, 5.74) is 0. The van der Waals surface area contributed by atoms with Crippen LogP contribution in [0.3, 0.4) is 0 Å². The first-order valence-electron chi connectivity index (χ1n) is 6.28. The van der Waals surface area contributed by atoms with Gasteiger partial charge in [-0.1, -0.05) is 12.2 Å². The van der Waals surface area contributed by atoms with Gasteiger partial charge in [-0.3, -0.25) is 9.59 Å². The third-order valence-electron chi connectivity index (χ3n) is 4.55. The molecule has 4 unspecified atom stereocenters. The molecule has 0 aromatic heterocycles. The predicted molar refractivity (Wildman–Crippen MR) is 63.0 cm³/mol. The van der Waals surface area contributed by atoms with Crippen LogP contribution in [0.25, 0.3) is 0 Å². The van der Waals surface area contributed by atoms with Gasteiger partial charge in [0, 0.05) is 27.2 Å². The van der Waals surface area contributed by atoms with E-state index in [-0.39, 0.29) is 35.5 Å². The minimum Gasteiger partial charge on any atom is -0.344 e. The lowest BCUT2D eigenvalue weighted by Gasteiger charge is -2.36. The SMILES string of the molecule is CN1CCN(C)C(=O)C2C3C=CC(C3)C2C1=O. The highest BCUT2D eigenvalue weighted by molar-refractivity contribution is 5.90. The maximum Gasteiger partial charge on any atom is 0.226 e. The first kappa shape index (κ1) is 10.8. The predicted octanol–water partition coefficient (Wildman–Crippen LogP) is 0.355. The summed E-state index contributed by atoms with van der Waals surface area (Å²) in [4.78, 5) is 28.3. The zero-order valence-electron chi connectivity index (χ0n) is 10.3. The molecule has 4 nitrogen and oxygen atoms in total. The zero-order chi connectivity index (χ0) is 12.2. The van der Waals surface area contributed by atoms with Crippen molar-refractivity contribution in [1.82, 2.24) is 9.80 Å². The molecule has 1 heterocycles. The van der Waals surface area contributed by atoms with Crippen LogP contribution in [-0.2, 0) is 9.59 Å². The van der Waals surface area contributed by atoms with Crippen LogP contribution in [0.4, 0.5) is 0 Å². The molecule has 1 aliphatic heterocycles. The van der Waals surface area contributed by atoms with Crippen molar-refractivity contribution in [2.24, 2.45) is 23.7 Å². The summed E-state index contributed by atoms with van der Waals surface area (Å²) < 4.78 is 0. The Kier molecular flexibility index (Phi) is 2.28. The lowest BCUT2D eigenvalue weighted by Crippen LogP contribution is -2.50. The molecular weight excluding hydrogens is 216 g/mol. The summed E-state index contributed by atoms with van der Waals surface area (Å²) >= 11 is 0. The van der Waals surface area contributed by atoms with Crippen molar-refractivity contribution in [2.45, 2.75) is 6.42 Å². The molecule has 2 fully saturated rings. The van der Waals surface area contributed by atoms with E-state index in [0.717, 1.165) is 6.42 Å². The maximum absolute atomic E-state index is 12.3. The van der Waals surface area contributed by atoms with Gasteiger partial charge in [-0.15, -0.1) is 0 Å². The standard InChI is InChI=1S/C13H18N2O2/c1-14-5-6-15(2)13(17)11-9-4-3-8(7-9)10(11)12(14)16/h3-4,8-11H,5-7H2,1-2H3. The fourth-order valence-electron chi connectivity index (χ4n) is 3.52. The van der Waals surface area contributed by atoms with Crippen LogP contribution in [0.1, 0.15) is 6.42 Å². The van der Waals surface area contributed by atoms with E-state index in [4.69, 9.17) is 0 Å². The third kappa shape index (κ3) is 1.43. The Hall–Kier alpha value is -1.32. The Labute approximate surface area is 101 Å². The van der Waals surface area contributed by atoms with E-state index in [2.05, 4.69) is 12.2 Å². The molecule has 3 aliphatic rings. The fourth-order valence-corrected chi connectivity index (χ4v) is 3.52. The van der Waals surface area contributed by atoms with Crippen LogP contribution in [0, 0.1) is 23.7 Å². The number of hydrogen-bond donors (Lipinski definition) is 0. The number of nitrogens with zero attached hydrogens (tertiary/aromatic N) is 2. The van der Waals surface area contributed by atoms with Gasteiger partial charge in [-0.2, -0.15) is 0 Å². The van der Waals surface area contributed by atoms with Gasteiger partial charge in [0.15, 0.2) is 0 Å². The van der Waals surface area contributed by atoms with Crippen molar-refractivity contribution in [3.63, 3.8) is 0 Å². The Morgan fingerprint density at radius 2 is 1.35 bits per heavy atom. The van der Waals surface area contributed by atoms with Crippen LogP contribution in [0.5, 0.6) is 0 Å². The highest BCUT2D eigenvalue weighted by Crippen LogP contribution is 2.49. The van der Waals surface area contributed by atoms with Crippen LogP contribution >= 0.6 is 0 Å². The van der Waals surface area contributed by atoms with Crippen LogP contribution < -0.4 is 0 Å². The number of likely N-dealkylation sites (N-methyl/N-ethyl adjacent to an activating group) is 2. The molecule has 92 valence electrons. The Morgan fingerprint density at radius 3 is 1.76 bits per heavy atom. The van der Waals surface area contributed by atoms with Gasteiger partial charge in [0.05, 0.1) is 11.8 Å². The quantitative estimate of drug-likeness (QED) is 0.568. The molecule has 2 aliphatic carbocycles. The number of carbonyl (C=O) groups excluding carboxylic acids is 2. The van der Waals surface area contributed by atoms with Crippen molar-refractivity contribution in [3.05, 3.63) is 12.2 Å². The highest BCUT2D eigenvalue weighted by Gasteiger charge is 2.53. The van der Waals surface area contributed by atoms with Gasteiger partial charge < -0.3 is 9.80 Å². The van der Waals surface area contributed by atoms with Crippen LogP contribution in [0.15, 0.2) is 12.2 Å². The Morgan fingerprint density at radius 1 is 0.941 bits per heavy atom. The van der Waals surface area contributed by atoms with Gasteiger partial charge in [0.25, 0.3) is 0 Å². The minimum atomic E-state index is -0.106. The minimum absolute atomic E-state index is 0.106. The van der Waals surface area contributed by atoms with Crippen LogP contribution in [0.2, 0.25) is 0 Å². The van der Waals surface area contributed by atoms with Gasteiger partial charge >= 0.3 is 0 Å². The van der Waals surface area contributed by atoms with Crippen molar-refractivity contribution in [1.29, 1.82) is 0 Å². The number of hydrogen-bond acceptors (Lipinski definition) is 2. The molecule has 2 bridgehead atoms. The second kappa shape index (κ2) is 3.59. The molecule has 3 rings (SSSR count). The van der Waals surface area contributed by atoms with E-state index in [9.17, 15) is 9.59 Å². The molecule has 0 aromatic carbocycles. The summed E-state index contributed by atoms with van der Waals surface area (Å²) in [6.07, 6.45) is 5.24. The molecule has 17 heavy (non-hydrogen) atoms. The molecular formula is C13H18N2O2. The second-order valence-electron chi connectivity index (χ2n) is 5.52. The maximum atomic E-state index is 12.3. The van der Waals surface area contributed by atoms with E-state index in [1.807, 2.05) is 14.1 Å². The molecule has 0 aromatic rings. The molecule has 2 amide bonds. The molecule has 0 spiro atoms. The lowest BCUT2D eigenvalue weighted by atomic mass is 9.80. The summed E-state index contributed by atoms with van der Waals surface area (Å²) in [6, 6.07) is 0. The van der Waals surface area contributed by atoms with E-state index in [1.54, 1.807) is 9.80 Å². The largest absolute Gasteiger partial charge is 0.344 e. The van der Waals surface area contributed by atoms with Gasteiger partial charge in [-0.05, 0) is 18.3 Å². The van der Waals surface area contributed by atoms with E-state index in [0.29, 0.717) is 13.1 Å². The van der Waals surface area contributed by atoms with Crippen molar-refractivity contribution in [3.8, 4) is 0 Å². The molecule has 0 N–H and O–H groups in total. The molecule has 4 atom stereocenters. The number of amides is 2. The molecule has 0 radical (unpaired) electrons. The van der Waals surface area contributed by atoms with E-state index >= 15 is 0 Å². The first-order valence-corrected chi connectivity index (χ1v) is 6.28. The Bertz CT molecular complexity index is 368. The van der Waals surface area contributed by atoms with E-state index in [1.165, 1.54) is 0 Å². The summed E-state index contributed by atoms with van der Waals surface area (Å²) in [7, 11) is 3.69. The van der Waals surface area contributed by atoms with Crippen molar-refractivity contribution >= 4 is 11.8 Å². The number of carbonyl (C=O) groups is 2. The van der Waals surface area contributed by atoms with Crippen molar-refractivity contribution in [2.75, 3.05) is 27.2 Å². The zero-order valence-corrected chi connectivity index (χ0v) is 10.3. The number of fused-ring (bicyclic) bond motifs is 5. The number of rotatable bonds is 0. The smallest absolute Gasteiger partial charge is 0.226 e. The highest BCUT2D eigenvalue weighted by atomic mass is 16.2. The summed E-state index contributed by atoms with van der Waals surface area (Å²) in [5, 5.41) is 0. The Balaban J connectivity index is 1.99. The van der Waals surface area contributed by atoms with Gasteiger partial charge in [0.2, 0.25) is 11.8 Å². The monoisotopic (exact) mass is 234 g/mol. The second-order valence-corrected chi connectivity index (χ2v) is 5.52. The molecule has 1 saturated carbocycles. The van der Waals surface area contributed by atoms with Gasteiger partial charge in [0.1, 0.15) is 0 Å². The lowest BCUT2D eigenvalue weighted by molar-refractivity contribution is -0.148. The number of allylic oxidation sites excluding steroid dienone is 2. The van der Waals surface area contributed by atoms with Crippen LogP contribution in [-0.4, -0.2) is 48.8 Å². The topological polar surface area (TPSA) is 40.6 Å².